The molecule has 12 heavy (non-hydrogen) atoms. The van der Waals surface area contributed by atoms with Gasteiger partial charge < -0.3 is 10.2 Å². The number of aliphatic imine (C=N–C) groups is 1. The molecule has 0 bridgehead atoms. The average Bonchev–Trinajstić information content (AvgIpc) is 2.34. The highest BCUT2D eigenvalue weighted by Gasteiger charge is 2.08. The van der Waals surface area contributed by atoms with Crippen LogP contribution in [0.3, 0.4) is 0 Å². The SMILES string of the molecule is Cc1coc(C(N)=NC=N)c1C. The number of furan rings is 1. The minimum Gasteiger partial charge on any atom is -0.461 e. The van der Waals surface area contributed by atoms with E-state index >= 15 is 0 Å². The lowest BCUT2D eigenvalue weighted by molar-refractivity contribution is 0.553. The fourth-order valence-electron chi connectivity index (χ4n) is 0.884. The molecule has 1 heterocycles. The molecule has 0 unspecified atom stereocenters. The summed E-state index contributed by atoms with van der Waals surface area (Å²) in [5, 5.41) is 6.73. The number of nitrogens with one attached hydrogen (secondary N) is 1. The molecular formula is C8H11N3O. The van der Waals surface area contributed by atoms with Gasteiger partial charge in [0.2, 0.25) is 0 Å². The van der Waals surface area contributed by atoms with Gasteiger partial charge in [-0.05, 0) is 19.4 Å². The smallest absolute Gasteiger partial charge is 0.171 e. The summed E-state index contributed by atoms with van der Waals surface area (Å²) in [4.78, 5) is 3.61. The molecule has 0 aromatic carbocycles. The molecule has 0 aliphatic heterocycles. The first-order valence-electron chi connectivity index (χ1n) is 3.54. The molecule has 64 valence electrons. The highest BCUT2D eigenvalue weighted by molar-refractivity contribution is 6.00. The first-order valence-corrected chi connectivity index (χ1v) is 3.54. The highest BCUT2D eigenvalue weighted by Crippen LogP contribution is 2.14. The fourth-order valence-corrected chi connectivity index (χ4v) is 0.884. The van der Waals surface area contributed by atoms with Crippen molar-refractivity contribution in [3.8, 4) is 0 Å². The Morgan fingerprint density at radius 3 is 2.75 bits per heavy atom. The minimum atomic E-state index is 0.246. The number of hydrogen-bond acceptors (Lipinski definition) is 2. The van der Waals surface area contributed by atoms with Crippen molar-refractivity contribution < 1.29 is 4.42 Å². The molecule has 1 aromatic heterocycles. The van der Waals surface area contributed by atoms with Gasteiger partial charge in [0.05, 0.1) is 6.26 Å². The third kappa shape index (κ3) is 1.37. The van der Waals surface area contributed by atoms with E-state index in [1.165, 1.54) is 0 Å². The van der Waals surface area contributed by atoms with Crippen molar-refractivity contribution in [3.63, 3.8) is 0 Å². The lowest BCUT2D eigenvalue weighted by Gasteiger charge is -1.94. The second-order valence-corrected chi connectivity index (χ2v) is 2.52. The van der Waals surface area contributed by atoms with Crippen LogP contribution in [0.15, 0.2) is 15.7 Å². The van der Waals surface area contributed by atoms with E-state index in [4.69, 9.17) is 15.6 Å². The molecule has 0 aliphatic carbocycles. The Kier molecular flexibility index (Phi) is 2.28. The topological polar surface area (TPSA) is 75.4 Å². The molecule has 0 atom stereocenters. The number of amidine groups is 1. The van der Waals surface area contributed by atoms with Crippen molar-refractivity contribution in [1.29, 1.82) is 5.41 Å². The Balaban J connectivity index is 3.11. The van der Waals surface area contributed by atoms with Crippen molar-refractivity contribution >= 4 is 12.2 Å². The molecule has 0 saturated carbocycles. The van der Waals surface area contributed by atoms with Gasteiger partial charge in [-0.1, -0.05) is 0 Å². The second kappa shape index (κ2) is 3.21. The van der Waals surface area contributed by atoms with E-state index in [9.17, 15) is 0 Å². The van der Waals surface area contributed by atoms with Gasteiger partial charge in [0.1, 0.15) is 6.34 Å². The summed E-state index contributed by atoms with van der Waals surface area (Å²) in [6, 6.07) is 0. The fraction of sp³-hybridized carbons (Fsp3) is 0.250. The standard InChI is InChI=1S/C8H11N3O/c1-5-3-12-7(6(5)2)8(10)11-4-9/h3-4H,1-2H3,(H3,9,10,11). The molecule has 1 aromatic rings. The van der Waals surface area contributed by atoms with Gasteiger partial charge in [-0.25, -0.2) is 4.99 Å². The third-order valence-corrected chi connectivity index (χ3v) is 1.72. The Morgan fingerprint density at radius 2 is 2.33 bits per heavy atom. The molecule has 1 rings (SSSR count). The number of aryl methyl sites for hydroxylation is 1. The van der Waals surface area contributed by atoms with Crippen molar-refractivity contribution in [2.24, 2.45) is 10.7 Å². The zero-order valence-electron chi connectivity index (χ0n) is 7.09. The normalized spacial score (nSPS) is 11.7. The van der Waals surface area contributed by atoms with E-state index in [-0.39, 0.29) is 5.84 Å². The molecule has 0 saturated heterocycles. The Labute approximate surface area is 70.6 Å². The van der Waals surface area contributed by atoms with E-state index in [2.05, 4.69) is 4.99 Å². The Morgan fingerprint density at radius 1 is 1.67 bits per heavy atom. The summed E-state index contributed by atoms with van der Waals surface area (Å²) < 4.78 is 5.15. The van der Waals surface area contributed by atoms with E-state index in [1.54, 1.807) is 6.26 Å². The number of hydrogen-bond donors (Lipinski definition) is 2. The Bertz CT molecular complexity index is 325. The number of nitrogens with two attached hydrogens (primary N) is 1. The molecule has 4 heteroatoms. The zero-order valence-corrected chi connectivity index (χ0v) is 7.09. The van der Waals surface area contributed by atoms with Crippen LogP contribution < -0.4 is 5.73 Å². The monoisotopic (exact) mass is 165 g/mol. The number of rotatable bonds is 2. The summed E-state index contributed by atoms with van der Waals surface area (Å²) in [6.07, 6.45) is 2.52. The van der Waals surface area contributed by atoms with Crippen LogP contribution in [0.25, 0.3) is 0 Å². The predicted molar refractivity (Wildman–Crippen MR) is 47.7 cm³/mol. The average molecular weight is 165 g/mol. The van der Waals surface area contributed by atoms with Crippen LogP contribution in [0.5, 0.6) is 0 Å². The van der Waals surface area contributed by atoms with Crippen LogP contribution >= 0.6 is 0 Å². The molecule has 3 N–H and O–H groups in total. The molecule has 0 fully saturated rings. The van der Waals surface area contributed by atoms with Crippen LogP contribution in [0.2, 0.25) is 0 Å². The van der Waals surface area contributed by atoms with Crippen molar-refractivity contribution in [1.82, 2.24) is 0 Å². The third-order valence-electron chi connectivity index (χ3n) is 1.72. The van der Waals surface area contributed by atoms with Crippen molar-refractivity contribution in [3.05, 3.63) is 23.2 Å². The summed E-state index contributed by atoms with van der Waals surface area (Å²) >= 11 is 0. The van der Waals surface area contributed by atoms with Crippen molar-refractivity contribution in [2.45, 2.75) is 13.8 Å². The van der Waals surface area contributed by atoms with Crippen LogP contribution in [0.1, 0.15) is 16.9 Å². The molecule has 0 aliphatic rings. The van der Waals surface area contributed by atoms with Gasteiger partial charge in [-0.3, -0.25) is 5.41 Å². The quantitative estimate of drug-likeness (QED) is 0.510. The lowest BCUT2D eigenvalue weighted by atomic mass is 10.2. The van der Waals surface area contributed by atoms with E-state index in [0.717, 1.165) is 17.5 Å². The number of nitrogens with zero attached hydrogens (tertiary/aromatic N) is 1. The summed E-state index contributed by atoms with van der Waals surface area (Å²) in [7, 11) is 0. The van der Waals surface area contributed by atoms with Gasteiger partial charge in [-0.2, -0.15) is 0 Å². The first-order chi connectivity index (χ1) is 5.66. The summed E-state index contributed by atoms with van der Waals surface area (Å²) in [6.45, 7) is 3.83. The van der Waals surface area contributed by atoms with Gasteiger partial charge >= 0.3 is 0 Å². The van der Waals surface area contributed by atoms with Crippen LogP contribution in [-0.4, -0.2) is 12.2 Å². The van der Waals surface area contributed by atoms with E-state index in [0.29, 0.717) is 5.76 Å². The van der Waals surface area contributed by atoms with E-state index in [1.807, 2.05) is 13.8 Å². The molecule has 4 nitrogen and oxygen atoms in total. The van der Waals surface area contributed by atoms with Gasteiger partial charge in [0.15, 0.2) is 11.6 Å². The van der Waals surface area contributed by atoms with Crippen LogP contribution in [0, 0.1) is 19.3 Å². The van der Waals surface area contributed by atoms with Crippen LogP contribution in [0.4, 0.5) is 0 Å². The first kappa shape index (κ1) is 8.52. The van der Waals surface area contributed by atoms with Crippen LogP contribution in [-0.2, 0) is 0 Å². The molecule has 0 amide bonds. The maximum Gasteiger partial charge on any atom is 0.171 e. The largest absolute Gasteiger partial charge is 0.461 e. The van der Waals surface area contributed by atoms with Gasteiger partial charge in [-0.15, -0.1) is 0 Å². The molecular weight excluding hydrogens is 154 g/mol. The van der Waals surface area contributed by atoms with Gasteiger partial charge in [0, 0.05) is 5.56 Å². The summed E-state index contributed by atoms with van der Waals surface area (Å²) in [5.41, 5.74) is 7.53. The van der Waals surface area contributed by atoms with E-state index < -0.39 is 0 Å². The highest BCUT2D eigenvalue weighted by atomic mass is 16.3. The lowest BCUT2D eigenvalue weighted by Crippen LogP contribution is -2.13. The Hall–Kier alpha value is -1.58. The van der Waals surface area contributed by atoms with Crippen molar-refractivity contribution in [2.75, 3.05) is 0 Å². The maximum atomic E-state index is 6.73. The molecule has 0 radical (unpaired) electrons. The van der Waals surface area contributed by atoms with Gasteiger partial charge in [0.25, 0.3) is 0 Å². The second-order valence-electron chi connectivity index (χ2n) is 2.52. The summed E-state index contributed by atoms with van der Waals surface area (Å²) in [5.74, 6) is 0.798. The minimum absolute atomic E-state index is 0.246. The molecule has 0 spiro atoms. The maximum absolute atomic E-state index is 6.73. The zero-order chi connectivity index (χ0) is 9.14. The predicted octanol–water partition coefficient (Wildman–Crippen LogP) is 1.21.